The molecule has 106 valence electrons. The highest BCUT2D eigenvalue weighted by Gasteiger charge is 2.12. The van der Waals surface area contributed by atoms with E-state index in [2.05, 4.69) is 13.0 Å². The molecule has 0 saturated carbocycles. The number of ether oxygens (including phenoxy) is 1. The van der Waals surface area contributed by atoms with Crippen molar-refractivity contribution in [3.05, 3.63) is 64.2 Å². The summed E-state index contributed by atoms with van der Waals surface area (Å²) in [6, 6.07) is 12.1. The van der Waals surface area contributed by atoms with Crippen LogP contribution in [0, 0.1) is 27.7 Å². The van der Waals surface area contributed by atoms with E-state index in [1.54, 1.807) is 0 Å². The smallest absolute Gasteiger partial charge is 0.125 e. The Kier molecular flexibility index (Phi) is 4.46. The van der Waals surface area contributed by atoms with E-state index in [-0.39, 0.29) is 6.61 Å². The first-order chi connectivity index (χ1) is 9.49. The molecule has 1 atom stereocenters. The van der Waals surface area contributed by atoms with E-state index in [1.165, 1.54) is 5.56 Å². The normalized spacial score (nSPS) is 12.2. The van der Waals surface area contributed by atoms with Crippen molar-refractivity contribution >= 4 is 0 Å². The highest BCUT2D eigenvalue weighted by Crippen LogP contribution is 2.25. The standard InChI is InChI=1S/C18H22O2/c1-12-8-9-16(15(4)10-12)17(19)11-20-18-13(2)6-5-7-14(18)3/h5-10,17,19H,11H2,1-4H3. The molecular weight excluding hydrogens is 248 g/mol. The number of aliphatic hydroxyl groups excluding tert-OH is 1. The molecule has 2 rings (SSSR count). The van der Waals surface area contributed by atoms with Gasteiger partial charge in [0.15, 0.2) is 0 Å². The van der Waals surface area contributed by atoms with Crippen LogP contribution < -0.4 is 4.74 Å². The number of para-hydroxylation sites is 1. The van der Waals surface area contributed by atoms with Crippen LogP contribution in [0.2, 0.25) is 0 Å². The molecule has 2 aromatic carbocycles. The SMILES string of the molecule is Cc1ccc(C(O)COc2c(C)cccc2C)c(C)c1. The first kappa shape index (κ1) is 14.6. The lowest BCUT2D eigenvalue weighted by molar-refractivity contribution is 0.107. The van der Waals surface area contributed by atoms with Crippen LogP contribution in [-0.4, -0.2) is 11.7 Å². The summed E-state index contributed by atoms with van der Waals surface area (Å²) in [4.78, 5) is 0. The summed E-state index contributed by atoms with van der Waals surface area (Å²) in [5.41, 5.74) is 5.43. The minimum Gasteiger partial charge on any atom is -0.490 e. The van der Waals surface area contributed by atoms with E-state index in [9.17, 15) is 5.11 Å². The molecule has 0 aliphatic rings. The van der Waals surface area contributed by atoms with E-state index in [0.717, 1.165) is 28.0 Å². The van der Waals surface area contributed by atoms with Crippen LogP contribution in [-0.2, 0) is 0 Å². The van der Waals surface area contributed by atoms with Crippen molar-refractivity contribution in [1.29, 1.82) is 0 Å². The molecule has 0 aliphatic carbocycles. The number of aliphatic hydroxyl groups is 1. The summed E-state index contributed by atoms with van der Waals surface area (Å²) in [5.74, 6) is 0.872. The molecular formula is C18H22O2. The molecule has 1 unspecified atom stereocenters. The molecule has 2 aromatic rings. The molecule has 1 N–H and O–H groups in total. The van der Waals surface area contributed by atoms with Gasteiger partial charge in [0.05, 0.1) is 0 Å². The second kappa shape index (κ2) is 6.10. The first-order valence-corrected chi connectivity index (χ1v) is 6.93. The van der Waals surface area contributed by atoms with E-state index < -0.39 is 6.10 Å². The molecule has 0 heterocycles. The summed E-state index contributed by atoms with van der Waals surface area (Å²) in [5, 5.41) is 10.3. The lowest BCUT2D eigenvalue weighted by atomic mass is 10.0. The number of aryl methyl sites for hydroxylation is 4. The van der Waals surface area contributed by atoms with Gasteiger partial charge in [-0.2, -0.15) is 0 Å². The molecule has 0 aromatic heterocycles. The Labute approximate surface area is 121 Å². The van der Waals surface area contributed by atoms with Gasteiger partial charge < -0.3 is 9.84 Å². The summed E-state index contributed by atoms with van der Waals surface area (Å²) in [7, 11) is 0. The van der Waals surface area contributed by atoms with Gasteiger partial charge in [-0.3, -0.25) is 0 Å². The number of hydrogen-bond acceptors (Lipinski definition) is 2. The molecule has 2 nitrogen and oxygen atoms in total. The average Bonchev–Trinajstić information content (AvgIpc) is 2.37. The van der Waals surface area contributed by atoms with Crippen LogP contribution in [0.1, 0.15) is 33.9 Å². The van der Waals surface area contributed by atoms with Crippen LogP contribution in [0.5, 0.6) is 5.75 Å². The highest BCUT2D eigenvalue weighted by molar-refractivity contribution is 5.40. The van der Waals surface area contributed by atoms with Gasteiger partial charge in [-0.15, -0.1) is 0 Å². The molecule has 2 heteroatoms. The number of hydrogen-bond donors (Lipinski definition) is 1. The Bertz CT molecular complexity index is 582. The van der Waals surface area contributed by atoms with Gasteiger partial charge in [0.25, 0.3) is 0 Å². The van der Waals surface area contributed by atoms with Gasteiger partial charge in [0.2, 0.25) is 0 Å². The van der Waals surface area contributed by atoms with Crippen LogP contribution in [0.3, 0.4) is 0 Å². The van der Waals surface area contributed by atoms with Crippen molar-refractivity contribution in [1.82, 2.24) is 0 Å². The van der Waals surface area contributed by atoms with Gasteiger partial charge >= 0.3 is 0 Å². The van der Waals surface area contributed by atoms with Crippen LogP contribution in [0.15, 0.2) is 36.4 Å². The Morgan fingerprint density at radius 3 is 2.20 bits per heavy atom. The topological polar surface area (TPSA) is 29.5 Å². The zero-order valence-electron chi connectivity index (χ0n) is 12.6. The van der Waals surface area contributed by atoms with E-state index in [1.807, 2.05) is 51.1 Å². The van der Waals surface area contributed by atoms with Crippen molar-refractivity contribution < 1.29 is 9.84 Å². The van der Waals surface area contributed by atoms with E-state index >= 15 is 0 Å². The average molecular weight is 270 g/mol. The third-order valence-corrected chi connectivity index (χ3v) is 3.58. The van der Waals surface area contributed by atoms with Crippen molar-refractivity contribution in [3.63, 3.8) is 0 Å². The molecule has 0 aliphatic heterocycles. The summed E-state index contributed by atoms with van der Waals surface area (Å²) in [6.45, 7) is 8.38. The Morgan fingerprint density at radius 1 is 0.950 bits per heavy atom. The van der Waals surface area contributed by atoms with Gasteiger partial charge in [-0.25, -0.2) is 0 Å². The monoisotopic (exact) mass is 270 g/mol. The Morgan fingerprint density at radius 2 is 1.60 bits per heavy atom. The first-order valence-electron chi connectivity index (χ1n) is 6.93. The predicted octanol–water partition coefficient (Wildman–Crippen LogP) is 4.03. The summed E-state index contributed by atoms with van der Waals surface area (Å²) >= 11 is 0. The maximum Gasteiger partial charge on any atom is 0.125 e. The maximum atomic E-state index is 10.3. The Balaban J connectivity index is 2.11. The lowest BCUT2D eigenvalue weighted by Gasteiger charge is -2.17. The molecule has 0 fully saturated rings. The fourth-order valence-electron chi connectivity index (χ4n) is 2.48. The second-order valence-electron chi connectivity index (χ2n) is 5.41. The molecule has 20 heavy (non-hydrogen) atoms. The van der Waals surface area contributed by atoms with Crippen molar-refractivity contribution in [2.24, 2.45) is 0 Å². The minimum absolute atomic E-state index is 0.273. The molecule has 0 spiro atoms. The highest BCUT2D eigenvalue weighted by atomic mass is 16.5. The second-order valence-corrected chi connectivity index (χ2v) is 5.41. The molecule has 0 radical (unpaired) electrons. The minimum atomic E-state index is -0.602. The van der Waals surface area contributed by atoms with Crippen LogP contribution in [0.4, 0.5) is 0 Å². The van der Waals surface area contributed by atoms with Gasteiger partial charge in [-0.1, -0.05) is 42.0 Å². The fourth-order valence-corrected chi connectivity index (χ4v) is 2.48. The molecule has 0 bridgehead atoms. The largest absolute Gasteiger partial charge is 0.490 e. The maximum absolute atomic E-state index is 10.3. The van der Waals surface area contributed by atoms with Crippen molar-refractivity contribution in [2.75, 3.05) is 6.61 Å². The zero-order chi connectivity index (χ0) is 14.7. The Hall–Kier alpha value is -1.80. The van der Waals surface area contributed by atoms with E-state index in [4.69, 9.17) is 4.74 Å². The summed E-state index contributed by atoms with van der Waals surface area (Å²) in [6.07, 6.45) is -0.602. The fraction of sp³-hybridized carbons (Fsp3) is 0.333. The number of rotatable bonds is 4. The van der Waals surface area contributed by atoms with Crippen LogP contribution >= 0.6 is 0 Å². The third kappa shape index (κ3) is 3.20. The van der Waals surface area contributed by atoms with Crippen molar-refractivity contribution in [2.45, 2.75) is 33.8 Å². The van der Waals surface area contributed by atoms with Gasteiger partial charge in [-0.05, 0) is 49.9 Å². The van der Waals surface area contributed by atoms with E-state index in [0.29, 0.717) is 0 Å². The molecule has 0 saturated heterocycles. The lowest BCUT2D eigenvalue weighted by Crippen LogP contribution is -2.12. The van der Waals surface area contributed by atoms with Gasteiger partial charge in [0.1, 0.15) is 18.5 Å². The molecule has 0 amide bonds. The van der Waals surface area contributed by atoms with Crippen LogP contribution in [0.25, 0.3) is 0 Å². The predicted molar refractivity (Wildman–Crippen MR) is 82.3 cm³/mol. The third-order valence-electron chi connectivity index (χ3n) is 3.58. The summed E-state index contributed by atoms with van der Waals surface area (Å²) < 4.78 is 5.82. The van der Waals surface area contributed by atoms with Crippen molar-refractivity contribution in [3.8, 4) is 5.75 Å². The van der Waals surface area contributed by atoms with Gasteiger partial charge in [0, 0.05) is 0 Å². The number of benzene rings is 2. The quantitative estimate of drug-likeness (QED) is 0.908. The zero-order valence-corrected chi connectivity index (χ0v) is 12.6.